The van der Waals surface area contributed by atoms with E-state index in [1.165, 1.54) is 0 Å². The van der Waals surface area contributed by atoms with Gasteiger partial charge in [-0.15, -0.1) is 5.11 Å². The second-order valence-corrected chi connectivity index (χ2v) is 8.21. The summed E-state index contributed by atoms with van der Waals surface area (Å²) < 4.78 is 39.9. The molecule has 2 atom stereocenters. The lowest BCUT2D eigenvalue weighted by atomic mass is 9.62. The first-order valence-corrected chi connectivity index (χ1v) is 8.34. The van der Waals surface area contributed by atoms with Crippen LogP contribution in [0.3, 0.4) is 0 Å². The number of carbonyl (C=O) groups is 1. The number of carbonyl (C=O) groups excluding carboxylic acids is 1. The summed E-state index contributed by atoms with van der Waals surface area (Å²) in [5.41, 5.74) is 1.10. The number of hydrogen-bond donors (Lipinski definition) is 1. The number of fused-ring (bicyclic) bond motifs is 2. The van der Waals surface area contributed by atoms with Gasteiger partial charge in [0.1, 0.15) is 0 Å². The van der Waals surface area contributed by atoms with Crippen molar-refractivity contribution in [3.05, 3.63) is 22.7 Å². The van der Waals surface area contributed by atoms with Crippen molar-refractivity contribution in [2.24, 2.45) is 27.0 Å². The average molecular weight is 339 g/mol. The van der Waals surface area contributed by atoms with Gasteiger partial charge in [0.15, 0.2) is 11.6 Å². The Morgan fingerprint density at radius 1 is 1.25 bits per heavy atom. The maximum atomic E-state index is 13.3. The van der Waals surface area contributed by atoms with E-state index in [1.54, 1.807) is 0 Å². The minimum absolute atomic E-state index is 0.0185. The van der Waals surface area contributed by atoms with Gasteiger partial charge >= 0.3 is 6.18 Å². The molecule has 0 aromatic carbocycles. The number of allylic oxidation sites excluding steroid dienone is 2. The summed E-state index contributed by atoms with van der Waals surface area (Å²) >= 11 is 0. The Kier molecular flexibility index (Phi) is 3.10. The van der Waals surface area contributed by atoms with Crippen LogP contribution in [0.15, 0.2) is 32.9 Å². The van der Waals surface area contributed by atoms with Gasteiger partial charge in [0.25, 0.3) is 0 Å². The third-order valence-corrected chi connectivity index (χ3v) is 5.86. The standard InChI is InChI=1S/C17H20F3N3O/c1-15(2)6-11-13(12(24)7-15)16(10-8-21-23-14(10)22-11)4-3-9(5-16)17(18,19)20/h9,22H,3-8H2,1-2H3/t9-,16-/m0/s1. The molecule has 1 saturated carbocycles. The van der Waals surface area contributed by atoms with E-state index in [0.29, 0.717) is 37.2 Å². The van der Waals surface area contributed by atoms with Crippen LogP contribution in [0.1, 0.15) is 46.0 Å². The first-order valence-electron chi connectivity index (χ1n) is 8.34. The van der Waals surface area contributed by atoms with Crippen molar-refractivity contribution in [2.45, 2.75) is 52.1 Å². The lowest BCUT2D eigenvalue weighted by Gasteiger charge is -2.44. The van der Waals surface area contributed by atoms with Crippen molar-refractivity contribution >= 4 is 5.78 Å². The minimum atomic E-state index is -4.22. The predicted octanol–water partition coefficient (Wildman–Crippen LogP) is 4.26. The molecular weight excluding hydrogens is 319 g/mol. The Labute approximate surface area is 138 Å². The molecule has 2 aliphatic carbocycles. The van der Waals surface area contributed by atoms with E-state index >= 15 is 0 Å². The van der Waals surface area contributed by atoms with E-state index in [-0.39, 0.29) is 24.0 Å². The summed E-state index contributed by atoms with van der Waals surface area (Å²) in [4.78, 5) is 12.9. The molecule has 130 valence electrons. The molecular formula is C17H20F3N3O. The molecule has 0 aromatic heterocycles. The van der Waals surface area contributed by atoms with E-state index in [2.05, 4.69) is 15.5 Å². The zero-order valence-electron chi connectivity index (χ0n) is 13.8. The number of hydrogen-bond acceptors (Lipinski definition) is 4. The third-order valence-electron chi connectivity index (χ3n) is 5.86. The summed E-state index contributed by atoms with van der Waals surface area (Å²) in [5, 5.41) is 11.3. The summed E-state index contributed by atoms with van der Waals surface area (Å²) in [7, 11) is 0. The zero-order valence-corrected chi connectivity index (χ0v) is 13.8. The lowest BCUT2D eigenvalue weighted by molar-refractivity contribution is -0.173. The van der Waals surface area contributed by atoms with Crippen molar-refractivity contribution in [1.82, 2.24) is 5.32 Å². The topological polar surface area (TPSA) is 53.8 Å². The van der Waals surface area contributed by atoms with Crippen LogP contribution in [0, 0.1) is 16.7 Å². The van der Waals surface area contributed by atoms with Crippen molar-refractivity contribution in [3.63, 3.8) is 0 Å². The molecule has 1 fully saturated rings. The first-order chi connectivity index (χ1) is 11.1. The van der Waals surface area contributed by atoms with Crippen LogP contribution in [0.2, 0.25) is 0 Å². The Bertz CT molecular complexity index is 717. The maximum absolute atomic E-state index is 13.3. The molecule has 0 radical (unpaired) electrons. The quantitative estimate of drug-likeness (QED) is 0.717. The SMILES string of the molecule is CC1(C)CC(=O)C2=C(C1)NC1=C(CN=N1)[C@@]21CC[C@H](C(F)(F)F)C1. The molecule has 0 unspecified atom stereocenters. The molecule has 2 heterocycles. The number of alkyl halides is 3. The molecule has 0 aromatic rings. The van der Waals surface area contributed by atoms with Crippen molar-refractivity contribution in [3.8, 4) is 0 Å². The third kappa shape index (κ3) is 2.16. The largest absolute Gasteiger partial charge is 0.391 e. The van der Waals surface area contributed by atoms with Gasteiger partial charge in [0.2, 0.25) is 0 Å². The van der Waals surface area contributed by atoms with Gasteiger partial charge in [-0.25, -0.2) is 0 Å². The van der Waals surface area contributed by atoms with Crippen LogP contribution in [0.5, 0.6) is 0 Å². The highest BCUT2D eigenvalue weighted by atomic mass is 19.4. The minimum Gasteiger partial charge on any atom is -0.342 e. The number of nitrogens with one attached hydrogen (secondary N) is 1. The van der Waals surface area contributed by atoms with Crippen LogP contribution < -0.4 is 5.32 Å². The normalized spacial score (nSPS) is 34.7. The monoisotopic (exact) mass is 339 g/mol. The second-order valence-electron chi connectivity index (χ2n) is 8.21. The van der Waals surface area contributed by atoms with E-state index in [4.69, 9.17) is 0 Å². The highest BCUT2D eigenvalue weighted by Crippen LogP contribution is 2.61. The number of Topliss-reactive ketones (excluding diaryl/α,β-unsaturated/α-hetero) is 1. The highest BCUT2D eigenvalue weighted by molar-refractivity contribution is 6.00. The molecule has 4 aliphatic rings. The summed E-state index contributed by atoms with van der Waals surface area (Å²) in [6.07, 6.45) is -2.82. The van der Waals surface area contributed by atoms with Crippen molar-refractivity contribution in [1.29, 1.82) is 0 Å². The molecule has 0 bridgehead atoms. The number of nitrogens with zero attached hydrogens (tertiary/aromatic N) is 2. The maximum Gasteiger partial charge on any atom is 0.391 e. The smallest absolute Gasteiger partial charge is 0.342 e. The van der Waals surface area contributed by atoms with Gasteiger partial charge < -0.3 is 5.32 Å². The van der Waals surface area contributed by atoms with E-state index in [9.17, 15) is 18.0 Å². The fourth-order valence-electron chi connectivity index (χ4n) is 4.89. The van der Waals surface area contributed by atoms with Crippen molar-refractivity contribution < 1.29 is 18.0 Å². The van der Waals surface area contributed by atoms with Gasteiger partial charge in [0, 0.05) is 28.7 Å². The Morgan fingerprint density at radius 3 is 2.67 bits per heavy atom. The fourth-order valence-corrected chi connectivity index (χ4v) is 4.89. The molecule has 4 rings (SSSR count). The summed E-state index contributed by atoms with van der Waals surface area (Å²) in [6.45, 7) is 4.31. The molecule has 1 spiro atoms. The van der Waals surface area contributed by atoms with E-state index in [0.717, 1.165) is 11.3 Å². The summed E-state index contributed by atoms with van der Waals surface area (Å²) in [6, 6.07) is 0. The Hall–Kier alpha value is -1.66. The van der Waals surface area contributed by atoms with Crippen LogP contribution in [-0.4, -0.2) is 18.5 Å². The van der Waals surface area contributed by atoms with Crippen LogP contribution in [0.4, 0.5) is 13.2 Å². The molecule has 4 nitrogen and oxygen atoms in total. The molecule has 2 aliphatic heterocycles. The molecule has 0 amide bonds. The number of azo groups is 1. The number of dihydropyridines is 1. The number of halogens is 3. The van der Waals surface area contributed by atoms with Crippen molar-refractivity contribution in [2.75, 3.05) is 6.54 Å². The number of rotatable bonds is 0. The van der Waals surface area contributed by atoms with Crippen LogP contribution >= 0.6 is 0 Å². The van der Waals surface area contributed by atoms with Gasteiger partial charge in [-0.3, -0.25) is 4.79 Å². The molecule has 24 heavy (non-hydrogen) atoms. The van der Waals surface area contributed by atoms with Gasteiger partial charge in [-0.2, -0.15) is 18.3 Å². The van der Waals surface area contributed by atoms with Crippen LogP contribution in [-0.2, 0) is 4.79 Å². The highest BCUT2D eigenvalue weighted by Gasteiger charge is 2.58. The second kappa shape index (κ2) is 4.70. The van der Waals surface area contributed by atoms with E-state index in [1.807, 2.05) is 13.8 Å². The predicted molar refractivity (Wildman–Crippen MR) is 80.8 cm³/mol. The summed E-state index contributed by atoms with van der Waals surface area (Å²) in [5.74, 6) is -0.807. The van der Waals surface area contributed by atoms with Gasteiger partial charge in [-0.05, 0) is 31.1 Å². The Balaban J connectivity index is 1.82. The lowest BCUT2D eigenvalue weighted by Crippen LogP contribution is -2.43. The number of ketones is 1. The van der Waals surface area contributed by atoms with Gasteiger partial charge in [-0.1, -0.05) is 13.8 Å². The average Bonchev–Trinajstić information content (AvgIpc) is 3.03. The molecule has 1 N–H and O–H groups in total. The first kappa shape index (κ1) is 15.8. The van der Waals surface area contributed by atoms with E-state index < -0.39 is 17.5 Å². The molecule has 0 saturated heterocycles. The van der Waals surface area contributed by atoms with Crippen LogP contribution in [0.25, 0.3) is 0 Å². The zero-order chi connectivity index (χ0) is 17.3. The fraction of sp³-hybridized carbons (Fsp3) is 0.706. The molecule has 7 heteroatoms. The van der Waals surface area contributed by atoms with Gasteiger partial charge in [0.05, 0.1) is 12.5 Å². The Morgan fingerprint density at radius 2 is 2.00 bits per heavy atom.